The monoisotopic (exact) mass is 381 g/mol. The van der Waals surface area contributed by atoms with Gasteiger partial charge in [-0.1, -0.05) is 0 Å². The Bertz CT molecular complexity index is 600. The average molecular weight is 382 g/mol. The molecule has 7 heteroatoms. The molecule has 6 nitrogen and oxygen atoms in total. The van der Waals surface area contributed by atoms with Crippen LogP contribution in [-0.4, -0.2) is 47.7 Å². The summed E-state index contributed by atoms with van der Waals surface area (Å²) in [7, 11) is 1.48. The van der Waals surface area contributed by atoms with E-state index in [1.807, 2.05) is 26.0 Å². The molecule has 3 N–H and O–H groups in total. The fourth-order valence-corrected chi connectivity index (χ4v) is 3.38. The number of hydrogen-bond acceptors (Lipinski definition) is 6. The van der Waals surface area contributed by atoms with E-state index >= 15 is 0 Å². The Morgan fingerprint density at radius 1 is 1.27 bits per heavy atom. The first kappa shape index (κ1) is 22.6. The highest BCUT2D eigenvalue weighted by atomic mass is 32.2. The zero-order chi connectivity index (χ0) is 19.7. The number of amides is 1. The van der Waals surface area contributed by atoms with Gasteiger partial charge >= 0.3 is 0 Å². The number of nitrogens with zero attached hydrogens (tertiary/aromatic N) is 1. The maximum atomic E-state index is 12.7. The number of Topliss-reactive ketones (excluding diaryl/α,β-unsaturated/α-hetero) is 1. The van der Waals surface area contributed by atoms with Gasteiger partial charge in [0.15, 0.2) is 5.78 Å². The molecule has 1 unspecified atom stereocenters. The number of carbonyl (C=O) groups is 2. The number of ketones is 1. The van der Waals surface area contributed by atoms with Gasteiger partial charge < -0.3 is 15.8 Å². The number of ether oxygens (including phenoxy) is 1. The molecule has 1 aromatic rings. The Kier molecular flexibility index (Phi) is 9.25. The van der Waals surface area contributed by atoms with Crippen LogP contribution in [0, 0.1) is 13.8 Å². The number of hydrogen-bond donors (Lipinski definition) is 2. The highest BCUT2D eigenvalue weighted by Gasteiger charge is 2.30. The van der Waals surface area contributed by atoms with E-state index < -0.39 is 11.6 Å². The van der Waals surface area contributed by atoms with E-state index in [4.69, 9.17) is 10.5 Å². The second-order valence-corrected chi connectivity index (χ2v) is 7.91. The summed E-state index contributed by atoms with van der Waals surface area (Å²) in [6, 6.07) is 3.39. The third kappa shape index (κ3) is 7.43. The molecule has 146 valence electrons. The molecule has 0 radical (unpaired) electrons. The second kappa shape index (κ2) is 10.6. The summed E-state index contributed by atoms with van der Waals surface area (Å²) < 4.78 is 5.21. The van der Waals surface area contributed by atoms with E-state index in [1.165, 1.54) is 18.9 Å². The number of aryl methyl sites for hydroxylation is 2. The molecule has 1 amide bonds. The lowest BCUT2D eigenvalue weighted by Gasteiger charge is -2.25. The minimum atomic E-state index is -0.973. The van der Waals surface area contributed by atoms with Gasteiger partial charge in [0.05, 0.1) is 11.8 Å². The number of nitrogens with two attached hydrogens (primary N) is 1. The van der Waals surface area contributed by atoms with E-state index in [2.05, 4.69) is 10.3 Å². The summed E-state index contributed by atoms with van der Waals surface area (Å²) in [4.78, 5) is 30.4. The highest BCUT2D eigenvalue weighted by molar-refractivity contribution is 8.00. The predicted octanol–water partition coefficient (Wildman–Crippen LogP) is 2.40. The van der Waals surface area contributed by atoms with Crippen molar-refractivity contribution >= 4 is 23.5 Å². The third-order valence-corrected chi connectivity index (χ3v) is 5.13. The topological polar surface area (TPSA) is 94.3 Å². The van der Waals surface area contributed by atoms with Gasteiger partial charge in [-0.2, -0.15) is 0 Å². The van der Waals surface area contributed by atoms with Gasteiger partial charge in [0.2, 0.25) is 0 Å². The second-order valence-electron chi connectivity index (χ2n) is 6.87. The van der Waals surface area contributed by atoms with Gasteiger partial charge in [-0.25, -0.2) is 0 Å². The molecule has 1 heterocycles. The minimum Gasteiger partial charge on any atom is -0.369 e. The maximum absolute atomic E-state index is 12.7. The van der Waals surface area contributed by atoms with Crippen molar-refractivity contribution in [1.82, 2.24) is 10.3 Å². The van der Waals surface area contributed by atoms with Crippen LogP contribution in [0.3, 0.4) is 0 Å². The largest absolute Gasteiger partial charge is 0.369 e. The molecule has 1 atom stereocenters. The summed E-state index contributed by atoms with van der Waals surface area (Å²) in [6.45, 7) is 7.80. The number of aromatic nitrogens is 1. The summed E-state index contributed by atoms with van der Waals surface area (Å²) in [5, 5.41) is 2.85. The molecule has 0 bridgehead atoms. The van der Waals surface area contributed by atoms with Gasteiger partial charge in [0, 0.05) is 23.4 Å². The molecule has 26 heavy (non-hydrogen) atoms. The number of rotatable bonds is 11. The summed E-state index contributed by atoms with van der Waals surface area (Å²) in [6.07, 6.45) is 2.19. The minimum absolute atomic E-state index is 0.000562. The quantitative estimate of drug-likeness (QED) is 0.451. The lowest BCUT2D eigenvalue weighted by Crippen LogP contribution is -2.50. The van der Waals surface area contributed by atoms with E-state index in [1.54, 1.807) is 13.8 Å². The van der Waals surface area contributed by atoms with Crippen molar-refractivity contribution in [2.24, 2.45) is 5.73 Å². The molecule has 1 aromatic heterocycles. The number of nitrogens with one attached hydrogen (secondary N) is 1. The number of pyridine rings is 1. The zero-order valence-electron chi connectivity index (χ0n) is 16.4. The molecule has 0 aliphatic heterocycles. The Morgan fingerprint density at radius 3 is 2.42 bits per heavy atom. The van der Waals surface area contributed by atoms with Gasteiger partial charge in [0.1, 0.15) is 5.60 Å². The van der Waals surface area contributed by atoms with Crippen molar-refractivity contribution in [2.45, 2.75) is 63.5 Å². The number of methoxy groups -OCH3 is 1. The van der Waals surface area contributed by atoms with Gasteiger partial charge in [-0.3, -0.25) is 14.6 Å². The lowest BCUT2D eigenvalue weighted by molar-refractivity contribution is -0.141. The summed E-state index contributed by atoms with van der Waals surface area (Å²) >= 11 is 1.47. The standard InChI is InChI=1S/C19H31N3O3S/c1-13-10-15(11-14(2)21-13)26-12-17(23)16(8-6-7-9-20)22-18(24)19(3,4)25-5/h10-11,16H,6-9,12,20H2,1-5H3,(H,22,24). The summed E-state index contributed by atoms with van der Waals surface area (Å²) in [5.74, 6) is 0.00949. The van der Waals surface area contributed by atoms with Crippen LogP contribution in [0.5, 0.6) is 0 Å². The smallest absolute Gasteiger partial charge is 0.252 e. The first-order valence-corrected chi connectivity index (χ1v) is 9.85. The molecule has 0 saturated heterocycles. The molecule has 1 rings (SSSR count). The first-order valence-electron chi connectivity index (χ1n) is 8.86. The maximum Gasteiger partial charge on any atom is 0.252 e. The van der Waals surface area contributed by atoms with Crippen molar-refractivity contribution in [3.8, 4) is 0 Å². The Labute approximate surface area is 160 Å². The zero-order valence-corrected chi connectivity index (χ0v) is 17.2. The van der Waals surface area contributed by atoms with Crippen LogP contribution in [0.2, 0.25) is 0 Å². The van der Waals surface area contributed by atoms with Crippen molar-refractivity contribution in [2.75, 3.05) is 19.4 Å². The summed E-state index contributed by atoms with van der Waals surface area (Å²) in [5.41, 5.74) is 6.42. The predicted molar refractivity (Wildman–Crippen MR) is 105 cm³/mol. The van der Waals surface area contributed by atoms with E-state index in [9.17, 15) is 9.59 Å². The van der Waals surface area contributed by atoms with Crippen molar-refractivity contribution in [3.05, 3.63) is 23.5 Å². The van der Waals surface area contributed by atoms with Crippen LogP contribution in [0.1, 0.15) is 44.5 Å². The van der Waals surface area contributed by atoms with Crippen LogP contribution in [-0.2, 0) is 14.3 Å². The van der Waals surface area contributed by atoms with Crippen LogP contribution in [0.15, 0.2) is 17.0 Å². The Morgan fingerprint density at radius 2 is 1.88 bits per heavy atom. The number of unbranched alkanes of at least 4 members (excludes halogenated alkanes) is 1. The average Bonchev–Trinajstić information content (AvgIpc) is 2.57. The highest BCUT2D eigenvalue weighted by Crippen LogP contribution is 2.21. The van der Waals surface area contributed by atoms with Crippen molar-refractivity contribution in [1.29, 1.82) is 0 Å². The van der Waals surface area contributed by atoms with E-state index in [0.717, 1.165) is 29.1 Å². The molecule has 0 aromatic carbocycles. The molecule has 0 fully saturated rings. The fraction of sp³-hybridized carbons (Fsp3) is 0.632. The Balaban J connectivity index is 2.74. The molecule has 0 saturated carbocycles. The van der Waals surface area contributed by atoms with Gasteiger partial charge in [-0.15, -0.1) is 11.8 Å². The molecule has 0 aliphatic rings. The van der Waals surface area contributed by atoms with E-state index in [-0.39, 0.29) is 11.7 Å². The first-order chi connectivity index (χ1) is 12.2. The molecular weight excluding hydrogens is 350 g/mol. The van der Waals surface area contributed by atoms with E-state index in [0.29, 0.717) is 18.7 Å². The number of carbonyl (C=O) groups excluding carboxylic acids is 2. The van der Waals surface area contributed by atoms with Gasteiger partial charge in [0.25, 0.3) is 5.91 Å². The molecule has 0 spiro atoms. The molecule has 0 aliphatic carbocycles. The van der Waals surface area contributed by atoms with Crippen LogP contribution < -0.4 is 11.1 Å². The normalized spacial score (nSPS) is 12.7. The van der Waals surface area contributed by atoms with Crippen LogP contribution in [0.25, 0.3) is 0 Å². The SMILES string of the molecule is COC(C)(C)C(=O)NC(CCCCN)C(=O)CSc1cc(C)nc(C)c1. The van der Waals surface area contributed by atoms with Crippen molar-refractivity contribution in [3.63, 3.8) is 0 Å². The molecular formula is C19H31N3O3S. The van der Waals surface area contributed by atoms with Crippen molar-refractivity contribution < 1.29 is 14.3 Å². The fourth-order valence-electron chi connectivity index (χ4n) is 2.37. The Hall–Kier alpha value is -1.44. The van der Waals surface area contributed by atoms with Crippen LogP contribution >= 0.6 is 11.8 Å². The third-order valence-electron chi connectivity index (χ3n) is 4.13. The number of thioether (sulfide) groups is 1. The lowest BCUT2D eigenvalue weighted by atomic mass is 10.0. The van der Waals surface area contributed by atoms with Gasteiger partial charge in [-0.05, 0) is 65.6 Å². The van der Waals surface area contributed by atoms with Crippen LogP contribution in [0.4, 0.5) is 0 Å².